The Morgan fingerprint density at radius 3 is 2.41 bits per heavy atom. The summed E-state index contributed by atoms with van der Waals surface area (Å²) < 4.78 is 10.4. The fourth-order valence-corrected chi connectivity index (χ4v) is 2.56. The third-order valence-corrected chi connectivity index (χ3v) is 4.07. The van der Waals surface area contributed by atoms with Crippen LogP contribution in [-0.2, 0) is 16.0 Å². The molecule has 0 unspecified atom stereocenters. The maximum Gasteiger partial charge on any atom is 0.250 e. The van der Waals surface area contributed by atoms with Crippen molar-refractivity contribution < 1.29 is 19.1 Å². The fourth-order valence-electron chi connectivity index (χ4n) is 2.40. The molecular formula is C21H23N3O4S. The number of hydrogen-bond acceptors (Lipinski definition) is 5. The van der Waals surface area contributed by atoms with E-state index in [4.69, 9.17) is 21.7 Å². The summed E-state index contributed by atoms with van der Waals surface area (Å²) in [6, 6.07) is 14.9. The van der Waals surface area contributed by atoms with Crippen molar-refractivity contribution in [1.29, 1.82) is 0 Å². The average molecular weight is 413 g/mol. The van der Waals surface area contributed by atoms with Gasteiger partial charge in [0.25, 0.3) is 0 Å². The standard InChI is InChI=1S/C21H23N3O4S/c1-27-17-11-8-16(14-18(17)28-2)10-12-19(25)22-21(29)24-23-20(26)13-9-15-6-4-3-5-7-15/h3-8,10-12,14H,9,13H2,1-2H3,(H,23,26)(H2,22,24,25,29)/b12-10+. The topological polar surface area (TPSA) is 88.7 Å². The summed E-state index contributed by atoms with van der Waals surface area (Å²) in [7, 11) is 3.09. The van der Waals surface area contributed by atoms with E-state index in [0.717, 1.165) is 11.1 Å². The lowest BCUT2D eigenvalue weighted by molar-refractivity contribution is -0.121. The molecule has 152 valence electrons. The van der Waals surface area contributed by atoms with Gasteiger partial charge < -0.3 is 9.47 Å². The minimum atomic E-state index is -0.434. The Labute approximate surface area is 175 Å². The van der Waals surface area contributed by atoms with Crippen molar-refractivity contribution in [3.8, 4) is 11.5 Å². The van der Waals surface area contributed by atoms with E-state index in [1.54, 1.807) is 31.4 Å². The van der Waals surface area contributed by atoms with E-state index in [1.807, 2.05) is 30.3 Å². The van der Waals surface area contributed by atoms with Crippen molar-refractivity contribution >= 4 is 35.2 Å². The molecule has 0 bridgehead atoms. The van der Waals surface area contributed by atoms with E-state index in [0.29, 0.717) is 24.3 Å². The van der Waals surface area contributed by atoms with Crippen LogP contribution in [0.5, 0.6) is 11.5 Å². The molecule has 0 aromatic heterocycles. The molecule has 0 radical (unpaired) electrons. The molecule has 0 aliphatic carbocycles. The molecule has 29 heavy (non-hydrogen) atoms. The highest BCUT2D eigenvalue weighted by molar-refractivity contribution is 7.80. The number of benzene rings is 2. The smallest absolute Gasteiger partial charge is 0.250 e. The molecule has 7 nitrogen and oxygen atoms in total. The molecule has 2 aromatic carbocycles. The second-order valence-electron chi connectivity index (χ2n) is 5.92. The van der Waals surface area contributed by atoms with Crippen LogP contribution in [0.2, 0.25) is 0 Å². The zero-order valence-corrected chi connectivity index (χ0v) is 17.0. The molecule has 0 saturated heterocycles. The molecule has 0 aliphatic heterocycles. The first-order chi connectivity index (χ1) is 14.0. The molecule has 2 aromatic rings. The van der Waals surface area contributed by atoms with E-state index in [-0.39, 0.29) is 11.0 Å². The van der Waals surface area contributed by atoms with Gasteiger partial charge in [0.2, 0.25) is 11.8 Å². The third-order valence-electron chi connectivity index (χ3n) is 3.87. The van der Waals surface area contributed by atoms with Crippen LogP contribution in [0.15, 0.2) is 54.6 Å². The van der Waals surface area contributed by atoms with Crippen LogP contribution < -0.4 is 25.6 Å². The largest absolute Gasteiger partial charge is 0.493 e. The second-order valence-corrected chi connectivity index (χ2v) is 6.33. The van der Waals surface area contributed by atoms with E-state index < -0.39 is 5.91 Å². The highest BCUT2D eigenvalue weighted by atomic mass is 32.1. The van der Waals surface area contributed by atoms with Crippen LogP contribution in [0, 0.1) is 0 Å². The Bertz CT molecular complexity index is 885. The monoisotopic (exact) mass is 413 g/mol. The third kappa shape index (κ3) is 7.63. The lowest BCUT2D eigenvalue weighted by Crippen LogP contribution is -2.48. The van der Waals surface area contributed by atoms with Gasteiger partial charge in [-0.3, -0.25) is 25.8 Å². The second kappa shape index (κ2) is 11.5. The zero-order valence-electron chi connectivity index (χ0n) is 16.2. The quantitative estimate of drug-likeness (QED) is 0.367. The number of aryl methyl sites for hydroxylation is 1. The number of amides is 2. The maximum atomic E-state index is 12.0. The highest BCUT2D eigenvalue weighted by Crippen LogP contribution is 2.27. The van der Waals surface area contributed by atoms with Crippen LogP contribution in [0.25, 0.3) is 6.08 Å². The number of hydrogen-bond donors (Lipinski definition) is 3. The van der Waals surface area contributed by atoms with Gasteiger partial charge in [0, 0.05) is 12.5 Å². The van der Waals surface area contributed by atoms with Gasteiger partial charge in [0.05, 0.1) is 14.2 Å². The minimum Gasteiger partial charge on any atom is -0.493 e. The summed E-state index contributed by atoms with van der Waals surface area (Å²) in [4.78, 5) is 23.8. The van der Waals surface area contributed by atoms with Gasteiger partial charge in [-0.25, -0.2) is 0 Å². The van der Waals surface area contributed by atoms with Gasteiger partial charge in [0.1, 0.15) is 0 Å². The highest BCUT2D eigenvalue weighted by Gasteiger charge is 2.06. The Morgan fingerprint density at radius 2 is 1.72 bits per heavy atom. The number of carbonyl (C=O) groups excluding carboxylic acids is 2. The van der Waals surface area contributed by atoms with Crippen LogP contribution >= 0.6 is 12.2 Å². The first-order valence-electron chi connectivity index (χ1n) is 8.85. The zero-order chi connectivity index (χ0) is 21.1. The van der Waals surface area contributed by atoms with Crippen molar-refractivity contribution in [2.24, 2.45) is 0 Å². The summed E-state index contributed by atoms with van der Waals surface area (Å²) in [5.41, 5.74) is 6.79. The van der Waals surface area contributed by atoms with Gasteiger partial charge in [-0.1, -0.05) is 36.4 Å². The normalized spacial score (nSPS) is 10.3. The number of hydrazine groups is 1. The minimum absolute atomic E-state index is 0.0000209. The summed E-state index contributed by atoms with van der Waals surface area (Å²) in [6.45, 7) is 0. The number of nitrogens with one attached hydrogen (secondary N) is 3. The average Bonchev–Trinajstić information content (AvgIpc) is 2.75. The van der Waals surface area contributed by atoms with Crippen molar-refractivity contribution in [3.05, 3.63) is 65.7 Å². The van der Waals surface area contributed by atoms with Crippen molar-refractivity contribution in [2.75, 3.05) is 14.2 Å². The molecule has 2 rings (SSSR count). The SMILES string of the molecule is COc1ccc(/C=C/C(=O)NC(=S)NNC(=O)CCc2ccccc2)cc1OC. The van der Waals surface area contributed by atoms with Gasteiger partial charge in [-0.05, 0) is 48.0 Å². The van der Waals surface area contributed by atoms with Crippen LogP contribution in [0.4, 0.5) is 0 Å². The molecule has 3 N–H and O–H groups in total. The molecule has 2 amide bonds. The first-order valence-corrected chi connectivity index (χ1v) is 9.26. The number of thiocarbonyl (C=S) groups is 1. The van der Waals surface area contributed by atoms with Gasteiger partial charge in [-0.2, -0.15) is 0 Å². The Kier molecular flexibility index (Phi) is 8.65. The predicted octanol–water partition coefficient (Wildman–Crippen LogP) is 2.37. The molecule has 0 spiro atoms. The van der Waals surface area contributed by atoms with Gasteiger partial charge in [0.15, 0.2) is 16.6 Å². The number of methoxy groups -OCH3 is 2. The van der Waals surface area contributed by atoms with Crippen molar-refractivity contribution in [2.45, 2.75) is 12.8 Å². The van der Waals surface area contributed by atoms with E-state index in [2.05, 4.69) is 16.2 Å². The molecular weight excluding hydrogens is 390 g/mol. The first kappa shape index (κ1) is 21.9. The molecule has 0 atom stereocenters. The van der Waals surface area contributed by atoms with Crippen LogP contribution in [0.1, 0.15) is 17.5 Å². The van der Waals surface area contributed by atoms with Crippen LogP contribution in [0.3, 0.4) is 0 Å². The molecule has 0 aliphatic rings. The maximum absolute atomic E-state index is 12.0. The Balaban J connectivity index is 1.75. The number of ether oxygens (including phenoxy) is 2. The molecule has 0 saturated carbocycles. The lowest BCUT2D eigenvalue weighted by Gasteiger charge is -2.10. The summed E-state index contributed by atoms with van der Waals surface area (Å²) in [5.74, 6) is 0.495. The summed E-state index contributed by atoms with van der Waals surface area (Å²) >= 11 is 5.00. The fraction of sp³-hybridized carbons (Fsp3) is 0.190. The predicted molar refractivity (Wildman–Crippen MR) is 115 cm³/mol. The van der Waals surface area contributed by atoms with Crippen LogP contribution in [-0.4, -0.2) is 31.1 Å². The lowest BCUT2D eigenvalue weighted by atomic mass is 10.1. The van der Waals surface area contributed by atoms with Gasteiger partial charge in [-0.15, -0.1) is 0 Å². The van der Waals surface area contributed by atoms with Crippen molar-refractivity contribution in [1.82, 2.24) is 16.2 Å². The van der Waals surface area contributed by atoms with E-state index >= 15 is 0 Å². The summed E-state index contributed by atoms with van der Waals surface area (Å²) in [6.07, 6.45) is 3.85. The number of carbonyl (C=O) groups is 2. The Morgan fingerprint density at radius 1 is 1.00 bits per heavy atom. The molecule has 0 heterocycles. The van der Waals surface area contributed by atoms with E-state index in [9.17, 15) is 9.59 Å². The van der Waals surface area contributed by atoms with Gasteiger partial charge >= 0.3 is 0 Å². The molecule has 8 heteroatoms. The summed E-state index contributed by atoms with van der Waals surface area (Å²) in [5, 5.41) is 2.45. The van der Waals surface area contributed by atoms with Crippen molar-refractivity contribution in [3.63, 3.8) is 0 Å². The Hall–Kier alpha value is -3.39. The number of rotatable bonds is 7. The molecule has 0 fully saturated rings. The van der Waals surface area contributed by atoms with E-state index in [1.165, 1.54) is 13.2 Å².